The van der Waals surface area contributed by atoms with Crippen LogP contribution in [0.4, 0.5) is 18.9 Å². The Balaban J connectivity index is 1.61. The predicted octanol–water partition coefficient (Wildman–Crippen LogP) is 7.74. The average molecular weight is 550 g/mol. The number of anilines is 1. The fourth-order valence-corrected chi connectivity index (χ4v) is 5.04. The van der Waals surface area contributed by atoms with E-state index in [1.54, 1.807) is 18.2 Å². The van der Waals surface area contributed by atoms with Crippen LogP contribution < -0.4 is 14.4 Å². The lowest BCUT2D eigenvalue weighted by Crippen LogP contribution is -2.27. The SMILES string of the molecule is CCOc1cc(/C=C2/SC(=S)N(c3cccc(C(F)(F)F)c3)C2=O)cc(Cl)c1OCc1ccccc1. The van der Waals surface area contributed by atoms with Gasteiger partial charge in [-0.25, -0.2) is 0 Å². The van der Waals surface area contributed by atoms with Crippen LogP contribution in [-0.2, 0) is 17.6 Å². The number of benzene rings is 3. The molecule has 4 rings (SSSR count). The van der Waals surface area contributed by atoms with Crippen molar-refractivity contribution in [3.63, 3.8) is 0 Å². The second kappa shape index (κ2) is 10.9. The molecule has 3 aromatic carbocycles. The molecule has 1 saturated heterocycles. The molecule has 186 valence electrons. The molecule has 3 aromatic rings. The quantitative estimate of drug-likeness (QED) is 0.223. The van der Waals surface area contributed by atoms with Gasteiger partial charge in [0.15, 0.2) is 15.8 Å². The summed E-state index contributed by atoms with van der Waals surface area (Å²) in [6.45, 7) is 2.47. The van der Waals surface area contributed by atoms with Crippen molar-refractivity contribution in [2.45, 2.75) is 19.7 Å². The van der Waals surface area contributed by atoms with Crippen LogP contribution in [0.5, 0.6) is 11.5 Å². The highest BCUT2D eigenvalue weighted by Crippen LogP contribution is 2.41. The molecular weight excluding hydrogens is 531 g/mol. The number of halogens is 4. The highest BCUT2D eigenvalue weighted by molar-refractivity contribution is 8.27. The largest absolute Gasteiger partial charge is 0.490 e. The average Bonchev–Trinajstić information content (AvgIpc) is 3.11. The molecule has 0 radical (unpaired) electrons. The van der Waals surface area contributed by atoms with Gasteiger partial charge >= 0.3 is 6.18 Å². The zero-order valence-electron chi connectivity index (χ0n) is 18.8. The van der Waals surface area contributed by atoms with Gasteiger partial charge in [0.05, 0.1) is 27.8 Å². The number of nitrogens with zero attached hydrogens (tertiary/aromatic N) is 1. The molecule has 0 unspecified atom stereocenters. The van der Waals surface area contributed by atoms with Gasteiger partial charge in [-0.15, -0.1) is 0 Å². The number of ether oxygens (including phenoxy) is 2. The number of carbonyl (C=O) groups excluding carboxylic acids is 1. The minimum Gasteiger partial charge on any atom is -0.490 e. The van der Waals surface area contributed by atoms with E-state index in [-0.39, 0.29) is 26.5 Å². The van der Waals surface area contributed by atoms with Crippen LogP contribution in [0.15, 0.2) is 71.6 Å². The molecule has 0 N–H and O–H groups in total. The Hall–Kier alpha value is -3.01. The maximum atomic E-state index is 13.1. The smallest absolute Gasteiger partial charge is 0.416 e. The van der Waals surface area contributed by atoms with Crippen molar-refractivity contribution in [2.24, 2.45) is 0 Å². The molecule has 0 aliphatic carbocycles. The van der Waals surface area contributed by atoms with E-state index in [4.69, 9.17) is 33.3 Å². The first-order valence-corrected chi connectivity index (χ1v) is 12.4. The van der Waals surface area contributed by atoms with E-state index in [2.05, 4.69) is 0 Å². The maximum Gasteiger partial charge on any atom is 0.416 e. The molecular formula is C26H19ClF3NO3S2. The van der Waals surface area contributed by atoms with Gasteiger partial charge in [-0.1, -0.05) is 72.0 Å². The van der Waals surface area contributed by atoms with Gasteiger partial charge in [0.25, 0.3) is 5.91 Å². The molecule has 0 atom stereocenters. The molecule has 1 heterocycles. The van der Waals surface area contributed by atoms with Crippen LogP contribution in [0, 0.1) is 0 Å². The minimum absolute atomic E-state index is 0.0495. The van der Waals surface area contributed by atoms with Crippen molar-refractivity contribution in [3.8, 4) is 11.5 Å². The third kappa shape index (κ3) is 5.86. The zero-order valence-corrected chi connectivity index (χ0v) is 21.2. The standard InChI is InChI=1S/C26H19ClF3NO3S2/c1-2-33-21-12-17(11-20(27)23(21)34-15-16-7-4-3-5-8-16)13-22-24(32)31(25(35)36-22)19-10-6-9-18(14-19)26(28,29)30/h3-14H,2,15H2,1H3/b22-13+. The summed E-state index contributed by atoms with van der Waals surface area (Å²) in [6.07, 6.45) is -2.97. The van der Waals surface area contributed by atoms with E-state index in [1.807, 2.05) is 37.3 Å². The Morgan fingerprint density at radius 2 is 1.81 bits per heavy atom. The Morgan fingerprint density at radius 3 is 2.50 bits per heavy atom. The van der Waals surface area contributed by atoms with Crippen LogP contribution >= 0.6 is 35.6 Å². The number of thiocarbonyl (C=S) groups is 1. The summed E-state index contributed by atoms with van der Waals surface area (Å²) in [5, 5.41) is 0.288. The van der Waals surface area contributed by atoms with E-state index >= 15 is 0 Å². The van der Waals surface area contributed by atoms with Crippen molar-refractivity contribution >= 4 is 57.6 Å². The Labute approximate surface area is 220 Å². The van der Waals surface area contributed by atoms with Gasteiger partial charge in [0.2, 0.25) is 0 Å². The van der Waals surface area contributed by atoms with Gasteiger partial charge in [-0.05, 0) is 54.5 Å². The van der Waals surface area contributed by atoms with Crippen LogP contribution in [-0.4, -0.2) is 16.8 Å². The molecule has 1 aliphatic rings. The topological polar surface area (TPSA) is 38.8 Å². The number of carbonyl (C=O) groups is 1. The Morgan fingerprint density at radius 1 is 1.06 bits per heavy atom. The second-order valence-corrected chi connectivity index (χ2v) is 9.69. The van der Waals surface area contributed by atoms with Crippen molar-refractivity contribution in [3.05, 3.63) is 93.3 Å². The molecule has 1 aliphatic heterocycles. The summed E-state index contributed by atoms with van der Waals surface area (Å²) in [5.74, 6) is 0.249. The summed E-state index contributed by atoms with van der Waals surface area (Å²) in [7, 11) is 0. The van der Waals surface area contributed by atoms with Crippen LogP contribution in [0.25, 0.3) is 6.08 Å². The molecule has 10 heteroatoms. The molecule has 0 bridgehead atoms. The molecule has 1 fully saturated rings. The molecule has 0 aromatic heterocycles. The summed E-state index contributed by atoms with van der Waals surface area (Å²) in [6, 6.07) is 17.4. The van der Waals surface area contributed by atoms with Gasteiger partial charge in [-0.3, -0.25) is 9.69 Å². The molecule has 0 spiro atoms. The molecule has 1 amide bonds. The van der Waals surface area contributed by atoms with E-state index in [9.17, 15) is 18.0 Å². The number of thioether (sulfide) groups is 1. The van der Waals surface area contributed by atoms with Crippen molar-refractivity contribution < 1.29 is 27.4 Å². The maximum absolute atomic E-state index is 13.1. The van der Waals surface area contributed by atoms with E-state index in [0.29, 0.717) is 23.7 Å². The molecule has 36 heavy (non-hydrogen) atoms. The Kier molecular flexibility index (Phi) is 7.92. The van der Waals surface area contributed by atoms with Crippen LogP contribution in [0.2, 0.25) is 5.02 Å². The van der Waals surface area contributed by atoms with E-state index in [1.165, 1.54) is 12.1 Å². The highest BCUT2D eigenvalue weighted by atomic mass is 35.5. The van der Waals surface area contributed by atoms with Crippen molar-refractivity contribution in [2.75, 3.05) is 11.5 Å². The van der Waals surface area contributed by atoms with Gasteiger partial charge in [0, 0.05) is 0 Å². The monoisotopic (exact) mass is 549 g/mol. The summed E-state index contributed by atoms with van der Waals surface area (Å²) >= 11 is 12.8. The van der Waals surface area contributed by atoms with Crippen molar-refractivity contribution in [1.82, 2.24) is 0 Å². The van der Waals surface area contributed by atoms with Crippen molar-refractivity contribution in [1.29, 1.82) is 0 Å². The Bertz CT molecular complexity index is 1330. The number of rotatable bonds is 7. The zero-order chi connectivity index (χ0) is 25.9. The third-order valence-corrected chi connectivity index (χ3v) is 6.66. The highest BCUT2D eigenvalue weighted by Gasteiger charge is 2.36. The number of hydrogen-bond donors (Lipinski definition) is 0. The van der Waals surface area contributed by atoms with Gasteiger partial charge in [-0.2, -0.15) is 13.2 Å². The summed E-state index contributed by atoms with van der Waals surface area (Å²) in [4.78, 5) is 14.4. The van der Waals surface area contributed by atoms with Crippen LogP contribution in [0.3, 0.4) is 0 Å². The number of alkyl halides is 3. The predicted molar refractivity (Wildman–Crippen MR) is 140 cm³/mol. The van der Waals surface area contributed by atoms with E-state index in [0.717, 1.165) is 34.4 Å². The first-order chi connectivity index (χ1) is 17.2. The normalized spacial score (nSPS) is 15.0. The molecule has 4 nitrogen and oxygen atoms in total. The summed E-state index contributed by atoms with van der Waals surface area (Å²) < 4.78 is 51.2. The lowest BCUT2D eigenvalue weighted by atomic mass is 10.1. The number of hydrogen-bond acceptors (Lipinski definition) is 5. The van der Waals surface area contributed by atoms with Crippen LogP contribution in [0.1, 0.15) is 23.6 Å². The fourth-order valence-electron chi connectivity index (χ4n) is 3.47. The lowest BCUT2D eigenvalue weighted by molar-refractivity contribution is -0.137. The number of amides is 1. The van der Waals surface area contributed by atoms with Gasteiger partial charge in [0.1, 0.15) is 6.61 Å². The van der Waals surface area contributed by atoms with E-state index < -0.39 is 17.6 Å². The summed E-state index contributed by atoms with van der Waals surface area (Å²) in [5.41, 5.74) is 0.698. The second-order valence-electron chi connectivity index (χ2n) is 7.60. The molecule has 0 saturated carbocycles. The minimum atomic E-state index is -4.54. The first-order valence-electron chi connectivity index (χ1n) is 10.8. The van der Waals surface area contributed by atoms with Gasteiger partial charge < -0.3 is 9.47 Å². The lowest BCUT2D eigenvalue weighted by Gasteiger charge is -2.16. The first kappa shape index (κ1) is 26.1. The fraction of sp³-hybridized carbons (Fsp3) is 0.154. The third-order valence-electron chi connectivity index (χ3n) is 5.08.